The van der Waals surface area contributed by atoms with E-state index in [-0.39, 0.29) is 6.04 Å². The van der Waals surface area contributed by atoms with Crippen LogP contribution in [0.5, 0.6) is 0 Å². The number of anilines is 1. The Morgan fingerprint density at radius 1 is 1.10 bits per heavy atom. The Bertz CT molecular complexity index is 568. The van der Waals surface area contributed by atoms with Gasteiger partial charge in [0.1, 0.15) is 0 Å². The van der Waals surface area contributed by atoms with Crippen molar-refractivity contribution in [1.82, 2.24) is 0 Å². The molecule has 0 aliphatic rings. The van der Waals surface area contributed by atoms with Gasteiger partial charge in [-0.05, 0) is 29.7 Å². The summed E-state index contributed by atoms with van der Waals surface area (Å²) >= 11 is 3.61. The highest BCUT2D eigenvalue weighted by Crippen LogP contribution is 2.28. The van der Waals surface area contributed by atoms with Crippen LogP contribution >= 0.6 is 15.9 Å². The van der Waals surface area contributed by atoms with Gasteiger partial charge in [-0.3, -0.25) is 0 Å². The zero-order valence-electron chi connectivity index (χ0n) is 12.0. The Morgan fingerprint density at radius 3 is 2.45 bits per heavy atom. The minimum atomic E-state index is 0.0906. The van der Waals surface area contributed by atoms with E-state index in [9.17, 15) is 0 Å². The molecule has 0 radical (unpaired) electrons. The number of hydrogen-bond donors (Lipinski definition) is 1. The second kappa shape index (κ2) is 6.91. The van der Waals surface area contributed by atoms with Gasteiger partial charge in [-0.2, -0.15) is 0 Å². The predicted octanol–water partition coefficient (Wildman–Crippen LogP) is 4.50. The first-order valence-electron chi connectivity index (χ1n) is 6.92. The summed E-state index contributed by atoms with van der Waals surface area (Å²) < 4.78 is 1.14. The molecule has 0 saturated carbocycles. The van der Waals surface area contributed by atoms with Gasteiger partial charge in [0.05, 0.1) is 0 Å². The van der Waals surface area contributed by atoms with E-state index in [1.807, 2.05) is 6.07 Å². The fourth-order valence-corrected chi connectivity index (χ4v) is 2.75. The molecule has 0 bridgehead atoms. The van der Waals surface area contributed by atoms with Crippen molar-refractivity contribution in [2.75, 3.05) is 11.9 Å². The van der Waals surface area contributed by atoms with Crippen LogP contribution < -0.4 is 10.6 Å². The topological polar surface area (TPSA) is 29.3 Å². The summed E-state index contributed by atoms with van der Waals surface area (Å²) in [6.45, 7) is 2.98. The second-order valence-electron chi connectivity index (χ2n) is 5.02. The van der Waals surface area contributed by atoms with Crippen LogP contribution in [0, 0.1) is 0 Å². The molecule has 0 aromatic heterocycles. The Hall–Kier alpha value is -1.32. The standard InChI is InChI=1S/C17H21BrN2/c1-3-16(19)14-9-5-7-11-17(14)20(2)12-13-8-4-6-10-15(13)18/h4-11,16H,3,12,19H2,1-2H3/t16-/m0/s1. The molecule has 0 fully saturated rings. The van der Waals surface area contributed by atoms with E-state index < -0.39 is 0 Å². The summed E-state index contributed by atoms with van der Waals surface area (Å²) in [5.41, 5.74) is 9.91. The minimum absolute atomic E-state index is 0.0906. The van der Waals surface area contributed by atoms with E-state index in [0.717, 1.165) is 17.4 Å². The highest BCUT2D eigenvalue weighted by molar-refractivity contribution is 9.10. The fraction of sp³-hybridized carbons (Fsp3) is 0.294. The van der Waals surface area contributed by atoms with Crippen LogP contribution in [0.3, 0.4) is 0 Å². The molecule has 20 heavy (non-hydrogen) atoms. The van der Waals surface area contributed by atoms with Crippen molar-refractivity contribution in [3.05, 3.63) is 64.1 Å². The van der Waals surface area contributed by atoms with Gasteiger partial charge in [-0.25, -0.2) is 0 Å². The maximum Gasteiger partial charge on any atom is 0.0437 e. The number of halogens is 1. The summed E-state index contributed by atoms with van der Waals surface area (Å²) in [7, 11) is 2.11. The molecule has 2 N–H and O–H groups in total. The number of para-hydroxylation sites is 1. The molecule has 0 amide bonds. The summed E-state index contributed by atoms with van der Waals surface area (Å²) in [4.78, 5) is 2.25. The fourth-order valence-electron chi connectivity index (χ4n) is 2.34. The lowest BCUT2D eigenvalue weighted by Gasteiger charge is -2.25. The lowest BCUT2D eigenvalue weighted by molar-refractivity contribution is 0.694. The summed E-state index contributed by atoms with van der Waals surface area (Å²) in [5, 5.41) is 0. The van der Waals surface area contributed by atoms with Crippen molar-refractivity contribution < 1.29 is 0 Å². The van der Waals surface area contributed by atoms with Gasteiger partial charge in [0.25, 0.3) is 0 Å². The maximum absolute atomic E-state index is 6.22. The number of rotatable bonds is 5. The van der Waals surface area contributed by atoms with Crippen LogP contribution in [-0.4, -0.2) is 7.05 Å². The van der Waals surface area contributed by atoms with Crippen LogP contribution in [0.2, 0.25) is 0 Å². The number of nitrogens with zero attached hydrogens (tertiary/aromatic N) is 1. The number of nitrogens with two attached hydrogens (primary N) is 1. The molecule has 106 valence electrons. The van der Waals surface area contributed by atoms with Crippen LogP contribution in [0.15, 0.2) is 53.0 Å². The van der Waals surface area contributed by atoms with Gasteiger partial charge in [0.2, 0.25) is 0 Å². The van der Waals surface area contributed by atoms with Gasteiger partial charge in [-0.15, -0.1) is 0 Å². The normalized spacial score (nSPS) is 12.2. The summed E-state index contributed by atoms with van der Waals surface area (Å²) in [5.74, 6) is 0. The van der Waals surface area contributed by atoms with Crippen LogP contribution in [-0.2, 0) is 6.54 Å². The molecule has 3 heteroatoms. The van der Waals surface area contributed by atoms with E-state index in [4.69, 9.17) is 5.73 Å². The van der Waals surface area contributed by atoms with E-state index in [1.54, 1.807) is 0 Å². The lowest BCUT2D eigenvalue weighted by Crippen LogP contribution is -2.21. The first-order chi connectivity index (χ1) is 9.63. The molecule has 2 nitrogen and oxygen atoms in total. The van der Waals surface area contributed by atoms with Crippen LogP contribution in [0.25, 0.3) is 0 Å². The van der Waals surface area contributed by atoms with Crippen molar-refractivity contribution in [3.8, 4) is 0 Å². The number of benzene rings is 2. The largest absolute Gasteiger partial charge is 0.370 e. The average Bonchev–Trinajstić information content (AvgIpc) is 2.48. The monoisotopic (exact) mass is 332 g/mol. The zero-order valence-corrected chi connectivity index (χ0v) is 13.6. The van der Waals surface area contributed by atoms with Gasteiger partial charge >= 0.3 is 0 Å². The van der Waals surface area contributed by atoms with Crippen LogP contribution in [0.1, 0.15) is 30.5 Å². The molecule has 0 unspecified atom stereocenters. The molecule has 2 aromatic rings. The van der Waals surface area contributed by atoms with Gasteiger partial charge in [0.15, 0.2) is 0 Å². The number of hydrogen-bond acceptors (Lipinski definition) is 2. The van der Waals surface area contributed by atoms with E-state index in [2.05, 4.69) is 77.3 Å². The molecule has 2 rings (SSSR count). The summed E-state index contributed by atoms with van der Waals surface area (Å²) in [6, 6.07) is 16.8. The molecule has 0 heterocycles. The van der Waals surface area contributed by atoms with Gasteiger partial charge in [0, 0.05) is 29.8 Å². The first-order valence-corrected chi connectivity index (χ1v) is 7.71. The predicted molar refractivity (Wildman–Crippen MR) is 89.9 cm³/mol. The van der Waals surface area contributed by atoms with E-state index in [0.29, 0.717) is 0 Å². The van der Waals surface area contributed by atoms with Crippen LogP contribution in [0.4, 0.5) is 5.69 Å². The smallest absolute Gasteiger partial charge is 0.0437 e. The second-order valence-corrected chi connectivity index (χ2v) is 5.88. The third kappa shape index (κ3) is 3.41. The minimum Gasteiger partial charge on any atom is -0.370 e. The molecular weight excluding hydrogens is 312 g/mol. The Morgan fingerprint density at radius 2 is 1.75 bits per heavy atom. The lowest BCUT2D eigenvalue weighted by atomic mass is 10.0. The van der Waals surface area contributed by atoms with Gasteiger partial charge < -0.3 is 10.6 Å². The van der Waals surface area contributed by atoms with Crippen molar-refractivity contribution in [3.63, 3.8) is 0 Å². The third-order valence-corrected chi connectivity index (χ3v) is 4.33. The molecule has 0 aliphatic carbocycles. The third-order valence-electron chi connectivity index (χ3n) is 3.55. The molecule has 0 aliphatic heterocycles. The summed E-state index contributed by atoms with van der Waals surface area (Å²) in [6.07, 6.45) is 0.944. The van der Waals surface area contributed by atoms with Crippen molar-refractivity contribution in [2.45, 2.75) is 25.9 Å². The van der Waals surface area contributed by atoms with Crippen molar-refractivity contribution in [2.24, 2.45) is 5.73 Å². The molecular formula is C17H21BrN2. The molecule has 0 spiro atoms. The van der Waals surface area contributed by atoms with E-state index in [1.165, 1.54) is 16.8 Å². The van der Waals surface area contributed by atoms with E-state index >= 15 is 0 Å². The Kier molecular flexibility index (Phi) is 5.21. The van der Waals surface area contributed by atoms with Gasteiger partial charge in [-0.1, -0.05) is 59.3 Å². The molecule has 2 aromatic carbocycles. The van der Waals surface area contributed by atoms with Crippen molar-refractivity contribution >= 4 is 21.6 Å². The Labute approximate surface area is 129 Å². The highest BCUT2D eigenvalue weighted by Gasteiger charge is 2.13. The zero-order chi connectivity index (χ0) is 14.5. The molecule has 0 saturated heterocycles. The SMILES string of the molecule is CC[C@H](N)c1ccccc1N(C)Cc1ccccc1Br. The van der Waals surface area contributed by atoms with Crippen molar-refractivity contribution in [1.29, 1.82) is 0 Å². The Balaban J connectivity index is 2.26. The average molecular weight is 333 g/mol. The first kappa shape index (κ1) is 15.1. The maximum atomic E-state index is 6.22. The highest BCUT2D eigenvalue weighted by atomic mass is 79.9. The quantitative estimate of drug-likeness (QED) is 0.873. The molecule has 1 atom stereocenters.